The van der Waals surface area contributed by atoms with Crippen molar-refractivity contribution in [2.75, 3.05) is 0 Å². The van der Waals surface area contributed by atoms with E-state index in [1.54, 1.807) is 0 Å². The zero-order valence-electron chi connectivity index (χ0n) is 10.0. The summed E-state index contributed by atoms with van der Waals surface area (Å²) in [5, 5.41) is 9.70. The van der Waals surface area contributed by atoms with Gasteiger partial charge in [-0.05, 0) is 26.2 Å². The minimum atomic E-state index is -0.176. The lowest BCUT2D eigenvalue weighted by atomic mass is 9.78. The molecule has 2 rings (SSSR count). The number of amides is 1. The molecule has 1 aromatic rings. The van der Waals surface area contributed by atoms with Crippen LogP contribution in [0.15, 0.2) is 0 Å². The molecule has 0 unspecified atom stereocenters. The normalized spacial score (nSPS) is 18.2. The van der Waals surface area contributed by atoms with Crippen LogP contribution in [0, 0.1) is 0 Å². The summed E-state index contributed by atoms with van der Waals surface area (Å²) < 4.78 is 0. The van der Waals surface area contributed by atoms with Crippen molar-refractivity contribution in [2.24, 2.45) is 0 Å². The van der Waals surface area contributed by atoms with Crippen molar-refractivity contribution in [3.8, 4) is 0 Å². The van der Waals surface area contributed by atoms with Crippen molar-refractivity contribution in [1.82, 2.24) is 20.5 Å². The molecular formula is C11H18N4O. The van der Waals surface area contributed by atoms with Gasteiger partial charge < -0.3 is 5.32 Å². The number of hydrogen-bond donors (Lipinski definition) is 2. The smallest absolute Gasteiger partial charge is 0.291 e. The fourth-order valence-corrected chi connectivity index (χ4v) is 1.80. The van der Waals surface area contributed by atoms with Crippen LogP contribution in [0.4, 0.5) is 0 Å². The van der Waals surface area contributed by atoms with E-state index in [0.717, 1.165) is 18.7 Å². The van der Waals surface area contributed by atoms with E-state index in [9.17, 15) is 4.79 Å². The Morgan fingerprint density at radius 2 is 2.19 bits per heavy atom. The topological polar surface area (TPSA) is 70.7 Å². The lowest BCUT2D eigenvalue weighted by Crippen LogP contribution is -2.51. The van der Waals surface area contributed by atoms with Crippen LogP contribution in [0.2, 0.25) is 0 Å². The van der Waals surface area contributed by atoms with Crippen molar-refractivity contribution in [2.45, 2.75) is 51.5 Å². The Bertz CT molecular complexity index is 392. The SMILES string of the molecule is CC(C)c1nc(C(=O)NC2(C)CCC2)n[nH]1. The van der Waals surface area contributed by atoms with Crippen LogP contribution in [-0.4, -0.2) is 26.6 Å². The number of nitrogens with one attached hydrogen (secondary N) is 2. The average Bonchev–Trinajstić information content (AvgIpc) is 2.64. The van der Waals surface area contributed by atoms with E-state index in [0.29, 0.717) is 0 Å². The molecule has 0 atom stereocenters. The summed E-state index contributed by atoms with van der Waals surface area (Å²) >= 11 is 0. The van der Waals surface area contributed by atoms with E-state index >= 15 is 0 Å². The van der Waals surface area contributed by atoms with Crippen LogP contribution in [0.3, 0.4) is 0 Å². The monoisotopic (exact) mass is 222 g/mol. The zero-order chi connectivity index (χ0) is 11.8. The van der Waals surface area contributed by atoms with Crippen LogP contribution >= 0.6 is 0 Å². The Morgan fingerprint density at radius 1 is 1.50 bits per heavy atom. The Hall–Kier alpha value is -1.39. The molecule has 1 fully saturated rings. The highest BCUT2D eigenvalue weighted by Gasteiger charge is 2.34. The number of aromatic amines is 1. The third-order valence-corrected chi connectivity index (χ3v) is 3.13. The van der Waals surface area contributed by atoms with Gasteiger partial charge in [-0.3, -0.25) is 9.89 Å². The number of aromatic nitrogens is 3. The number of carbonyl (C=O) groups excluding carboxylic acids is 1. The summed E-state index contributed by atoms with van der Waals surface area (Å²) in [7, 11) is 0. The van der Waals surface area contributed by atoms with Crippen LogP contribution in [0.25, 0.3) is 0 Å². The third kappa shape index (κ3) is 2.08. The number of H-pyrrole nitrogens is 1. The summed E-state index contributed by atoms with van der Waals surface area (Å²) in [6.07, 6.45) is 3.27. The third-order valence-electron chi connectivity index (χ3n) is 3.13. The van der Waals surface area contributed by atoms with E-state index in [4.69, 9.17) is 0 Å². The summed E-state index contributed by atoms with van der Waals surface area (Å²) in [5.74, 6) is 1.08. The Balaban J connectivity index is 2.03. The Kier molecular flexibility index (Phi) is 2.69. The van der Waals surface area contributed by atoms with Gasteiger partial charge in [-0.25, -0.2) is 4.98 Å². The van der Waals surface area contributed by atoms with Crippen molar-refractivity contribution in [1.29, 1.82) is 0 Å². The van der Waals surface area contributed by atoms with E-state index in [1.165, 1.54) is 6.42 Å². The molecule has 2 N–H and O–H groups in total. The standard InChI is InChI=1S/C11H18N4O/c1-7(2)8-12-9(15-14-8)10(16)13-11(3)5-4-6-11/h7H,4-6H2,1-3H3,(H,13,16)(H,12,14,15). The van der Waals surface area contributed by atoms with Crippen LogP contribution < -0.4 is 5.32 Å². The van der Waals surface area contributed by atoms with E-state index in [2.05, 4.69) is 27.4 Å². The Labute approximate surface area is 95.0 Å². The van der Waals surface area contributed by atoms with Crippen LogP contribution in [0.1, 0.15) is 62.4 Å². The second-order valence-corrected chi connectivity index (χ2v) is 5.07. The number of rotatable bonds is 3. The molecule has 0 radical (unpaired) electrons. The minimum absolute atomic E-state index is 0.0459. The fourth-order valence-electron chi connectivity index (χ4n) is 1.80. The summed E-state index contributed by atoms with van der Waals surface area (Å²) in [5.41, 5.74) is -0.0459. The second-order valence-electron chi connectivity index (χ2n) is 5.07. The maximum Gasteiger partial charge on any atom is 0.291 e. The highest BCUT2D eigenvalue weighted by Crippen LogP contribution is 2.30. The maximum absolute atomic E-state index is 11.8. The lowest BCUT2D eigenvalue weighted by molar-refractivity contribution is 0.0840. The van der Waals surface area contributed by atoms with E-state index < -0.39 is 0 Å². The quantitative estimate of drug-likeness (QED) is 0.816. The van der Waals surface area contributed by atoms with Gasteiger partial charge in [0.25, 0.3) is 5.91 Å². The molecule has 0 bridgehead atoms. The van der Waals surface area contributed by atoms with Gasteiger partial charge in [-0.2, -0.15) is 0 Å². The van der Waals surface area contributed by atoms with Gasteiger partial charge in [0, 0.05) is 11.5 Å². The molecule has 88 valence electrons. The van der Waals surface area contributed by atoms with E-state index in [-0.39, 0.29) is 23.2 Å². The number of hydrogen-bond acceptors (Lipinski definition) is 3. The molecule has 1 aliphatic carbocycles. The van der Waals surface area contributed by atoms with Gasteiger partial charge in [-0.15, -0.1) is 5.10 Å². The number of nitrogens with zero attached hydrogens (tertiary/aromatic N) is 2. The highest BCUT2D eigenvalue weighted by atomic mass is 16.2. The zero-order valence-corrected chi connectivity index (χ0v) is 10.0. The maximum atomic E-state index is 11.8. The Morgan fingerprint density at radius 3 is 2.62 bits per heavy atom. The first-order chi connectivity index (χ1) is 7.50. The summed E-state index contributed by atoms with van der Waals surface area (Å²) in [6, 6.07) is 0. The van der Waals surface area contributed by atoms with Crippen molar-refractivity contribution < 1.29 is 4.79 Å². The summed E-state index contributed by atoms with van der Waals surface area (Å²) in [6.45, 7) is 6.08. The molecule has 1 aliphatic rings. The fraction of sp³-hybridized carbons (Fsp3) is 0.727. The van der Waals surface area contributed by atoms with Gasteiger partial charge >= 0.3 is 0 Å². The van der Waals surface area contributed by atoms with Crippen molar-refractivity contribution >= 4 is 5.91 Å². The largest absolute Gasteiger partial charge is 0.344 e. The van der Waals surface area contributed by atoms with Crippen LogP contribution in [-0.2, 0) is 0 Å². The van der Waals surface area contributed by atoms with Gasteiger partial charge in [0.05, 0.1) is 0 Å². The van der Waals surface area contributed by atoms with Crippen molar-refractivity contribution in [3.63, 3.8) is 0 Å². The molecule has 5 heteroatoms. The molecule has 0 saturated heterocycles. The molecule has 0 aromatic carbocycles. The first-order valence-corrected chi connectivity index (χ1v) is 5.75. The lowest BCUT2D eigenvalue weighted by Gasteiger charge is -2.38. The van der Waals surface area contributed by atoms with Crippen LogP contribution in [0.5, 0.6) is 0 Å². The van der Waals surface area contributed by atoms with Gasteiger partial charge in [0.1, 0.15) is 5.82 Å². The van der Waals surface area contributed by atoms with Gasteiger partial charge in [-0.1, -0.05) is 13.8 Å². The highest BCUT2D eigenvalue weighted by molar-refractivity contribution is 5.90. The molecule has 16 heavy (non-hydrogen) atoms. The van der Waals surface area contributed by atoms with Gasteiger partial charge in [0.2, 0.25) is 5.82 Å². The predicted molar refractivity (Wildman–Crippen MR) is 60.2 cm³/mol. The molecule has 1 saturated carbocycles. The molecule has 5 nitrogen and oxygen atoms in total. The molecular weight excluding hydrogens is 204 g/mol. The van der Waals surface area contributed by atoms with Gasteiger partial charge in [0.15, 0.2) is 0 Å². The molecule has 1 aromatic heterocycles. The van der Waals surface area contributed by atoms with E-state index in [1.807, 2.05) is 13.8 Å². The molecule has 1 amide bonds. The molecule has 0 aliphatic heterocycles. The predicted octanol–water partition coefficient (Wildman–Crippen LogP) is 1.60. The first kappa shape index (κ1) is 11.1. The minimum Gasteiger partial charge on any atom is -0.344 e. The van der Waals surface area contributed by atoms with Crippen molar-refractivity contribution in [3.05, 3.63) is 11.6 Å². The second kappa shape index (κ2) is 3.88. The summed E-state index contributed by atoms with van der Waals surface area (Å²) in [4.78, 5) is 16.0. The molecule has 0 spiro atoms. The number of carbonyl (C=O) groups is 1. The first-order valence-electron chi connectivity index (χ1n) is 5.75. The molecule has 1 heterocycles. The average molecular weight is 222 g/mol.